The van der Waals surface area contributed by atoms with Crippen LogP contribution in [-0.2, 0) is 19.7 Å². The Bertz CT molecular complexity index is 366. The summed E-state index contributed by atoms with van der Waals surface area (Å²) in [6.45, 7) is 1.44. The van der Waals surface area contributed by atoms with Gasteiger partial charge in [-0.1, -0.05) is 13.3 Å². The van der Waals surface area contributed by atoms with Gasteiger partial charge in [-0.3, -0.25) is 4.55 Å². The Kier molecular flexibility index (Phi) is 12.0. The van der Waals surface area contributed by atoms with Crippen LogP contribution in [-0.4, -0.2) is 29.7 Å². The fraction of sp³-hybridized carbons (Fsp3) is 0.714. The normalized spacial score (nSPS) is 13.8. The predicted molar refractivity (Wildman–Crippen MR) is 43.8 cm³/mol. The van der Waals surface area contributed by atoms with Crippen LogP contribution in [0.3, 0.4) is 0 Å². The molecule has 0 aromatic carbocycles. The summed E-state index contributed by atoms with van der Waals surface area (Å²) in [5.41, 5.74) is 0. The van der Waals surface area contributed by atoms with Gasteiger partial charge >= 0.3 is 59.1 Å². The van der Waals surface area contributed by atoms with Gasteiger partial charge in [-0.25, -0.2) is 0 Å². The molecule has 0 bridgehead atoms. The van der Waals surface area contributed by atoms with Gasteiger partial charge in [0.05, 0.1) is 5.97 Å². The Morgan fingerprint density at radius 1 is 1.24 bits per heavy atom. The molecular formula is C7H10Na2O7S. The van der Waals surface area contributed by atoms with Crippen molar-refractivity contribution in [2.24, 2.45) is 0 Å². The molecule has 0 aliphatic rings. The van der Waals surface area contributed by atoms with E-state index in [0.717, 1.165) is 0 Å². The summed E-state index contributed by atoms with van der Waals surface area (Å²) < 4.78 is 27.6. The average molecular weight is 284 g/mol. The second-order valence-electron chi connectivity index (χ2n) is 3.06. The Morgan fingerprint density at radius 2 is 1.65 bits per heavy atom. The van der Waals surface area contributed by atoms with E-state index in [1.165, 1.54) is 6.92 Å². The van der Waals surface area contributed by atoms with Crippen molar-refractivity contribution in [3.63, 3.8) is 0 Å². The molecule has 1 atom stereocenters. The molecule has 0 aromatic heterocycles. The Balaban J connectivity index is -0.000000980. The molecular weight excluding hydrogens is 274 g/mol. The molecule has 0 rings (SSSR count). The van der Waals surface area contributed by atoms with Crippen molar-refractivity contribution >= 4 is 22.1 Å². The molecule has 1 N–H and O–H groups in total. The van der Waals surface area contributed by atoms with Crippen LogP contribution in [0.2, 0.25) is 0 Å². The van der Waals surface area contributed by atoms with Crippen molar-refractivity contribution in [1.29, 1.82) is 0 Å². The van der Waals surface area contributed by atoms with Crippen molar-refractivity contribution < 1.29 is 91.9 Å². The summed E-state index contributed by atoms with van der Waals surface area (Å²) in [5, 5.41) is 20.9. The molecule has 0 aliphatic heterocycles. The van der Waals surface area contributed by atoms with Crippen molar-refractivity contribution in [3.05, 3.63) is 0 Å². The molecule has 0 aliphatic carbocycles. The fourth-order valence-electron chi connectivity index (χ4n) is 1.23. The monoisotopic (exact) mass is 284 g/mol. The Hall–Kier alpha value is 0.850. The van der Waals surface area contributed by atoms with E-state index in [1.807, 2.05) is 0 Å². The van der Waals surface area contributed by atoms with Gasteiger partial charge in [0.25, 0.3) is 10.1 Å². The predicted octanol–water partition coefficient (Wildman–Crippen LogP) is -8.69. The third-order valence-corrected chi connectivity index (χ3v) is 3.45. The van der Waals surface area contributed by atoms with E-state index in [-0.39, 0.29) is 65.5 Å². The second kappa shape index (κ2) is 8.87. The maximum Gasteiger partial charge on any atom is 1.00 e. The fourth-order valence-corrected chi connectivity index (χ4v) is 2.20. The summed E-state index contributed by atoms with van der Waals surface area (Å²) in [6.07, 6.45) is -1.83. The standard InChI is InChI=1S/C7H12O7S.2Na/c1-2-3-7(6(10)11,4-5(8)9)15(12,13)14;;/h2-4H2,1H3,(H,8,9)(H,10,11)(H,12,13,14);;/q;2*+1/p-2. The number of carbonyl (C=O) groups excluding carboxylic acids is 2. The summed E-state index contributed by atoms with van der Waals surface area (Å²) in [7, 11) is -5.07. The van der Waals surface area contributed by atoms with E-state index in [9.17, 15) is 28.2 Å². The summed E-state index contributed by atoms with van der Waals surface area (Å²) in [6, 6.07) is 0. The minimum atomic E-state index is -5.07. The van der Waals surface area contributed by atoms with Gasteiger partial charge in [-0.2, -0.15) is 8.42 Å². The average Bonchev–Trinajstić information content (AvgIpc) is 1.99. The molecule has 10 heteroatoms. The first-order chi connectivity index (χ1) is 6.67. The van der Waals surface area contributed by atoms with E-state index in [2.05, 4.69) is 0 Å². The largest absolute Gasteiger partial charge is 1.00 e. The van der Waals surface area contributed by atoms with Crippen molar-refractivity contribution in [2.75, 3.05) is 0 Å². The molecule has 0 heterocycles. The van der Waals surface area contributed by atoms with Crippen molar-refractivity contribution in [2.45, 2.75) is 30.9 Å². The Morgan fingerprint density at radius 3 is 1.82 bits per heavy atom. The number of aliphatic carboxylic acids is 2. The Labute approximate surface area is 143 Å². The maximum atomic E-state index is 10.9. The smallest absolute Gasteiger partial charge is 0.550 e. The SMILES string of the molecule is CCCC(CC(=O)[O-])(C(=O)[O-])S(=O)(=O)O.[Na+].[Na+]. The van der Waals surface area contributed by atoms with Crippen LogP contribution in [0, 0.1) is 0 Å². The first-order valence-corrected chi connectivity index (χ1v) is 5.49. The quantitative estimate of drug-likeness (QED) is 0.378. The zero-order valence-electron chi connectivity index (χ0n) is 9.93. The molecule has 0 amide bonds. The van der Waals surface area contributed by atoms with Crippen LogP contribution in [0.4, 0.5) is 0 Å². The topological polar surface area (TPSA) is 135 Å². The molecule has 0 fully saturated rings. The molecule has 88 valence electrons. The number of rotatable bonds is 6. The van der Waals surface area contributed by atoms with E-state index in [1.54, 1.807) is 0 Å². The number of carboxylic acids is 2. The van der Waals surface area contributed by atoms with Gasteiger partial charge in [-0.15, -0.1) is 0 Å². The number of carboxylic acid groups (broad SMARTS) is 2. The zero-order valence-corrected chi connectivity index (χ0v) is 14.7. The molecule has 7 nitrogen and oxygen atoms in total. The summed E-state index contributed by atoms with van der Waals surface area (Å²) in [5.74, 6) is -4.03. The molecule has 0 spiro atoms. The maximum absolute atomic E-state index is 10.9. The van der Waals surface area contributed by atoms with Crippen LogP contribution >= 0.6 is 0 Å². The van der Waals surface area contributed by atoms with E-state index >= 15 is 0 Å². The van der Waals surface area contributed by atoms with Crippen LogP contribution in [0.1, 0.15) is 26.2 Å². The molecule has 0 saturated heterocycles. The zero-order chi connectivity index (χ0) is 12.3. The van der Waals surface area contributed by atoms with Crippen LogP contribution < -0.4 is 69.3 Å². The second-order valence-corrected chi connectivity index (χ2v) is 4.79. The molecule has 1 unspecified atom stereocenters. The molecule has 17 heavy (non-hydrogen) atoms. The van der Waals surface area contributed by atoms with Gasteiger partial charge in [-0.05, 0) is 6.42 Å². The van der Waals surface area contributed by atoms with Crippen LogP contribution in [0.15, 0.2) is 0 Å². The van der Waals surface area contributed by atoms with Gasteiger partial charge in [0.2, 0.25) is 0 Å². The van der Waals surface area contributed by atoms with E-state index in [4.69, 9.17) is 4.55 Å². The van der Waals surface area contributed by atoms with Gasteiger partial charge in [0, 0.05) is 12.4 Å². The molecule has 0 aromatic rings. The van der Waals surface area contributed by atoms with Crippen molar-refractivity contribution in [1.82, 2.24) is 0 Å². The first kappa shape index (κ1) is 23.0. The third kappa shape index (κ3) is 6.02. The number of carbonyl (C=O) groups is 2. The third-order valence-electron chi connectivity index (χ3n) is 1.95. The summed E-state index contributed by atoms with van der Waals surface area (Å²) in [4.78, 5) is 20.9. The van der Waals surface area contributed by atoms with Gasteiger partial charge < -0.3 is 19.8 Å². The van der Waals surface area contributed by atoms with Crippen molar-refractivity contribution in [3.8, 4) is 0 Å². The minimum absolute atomic E-state index is 0. The first-order valence-electron chi connectivity index (χ1n) is 4.05. The van der Waals surface area contributed by atoms with E-state index < -0.39 is 39.6 Å². The number of hydrogen-bond acceptors (Lipinski definition) is 6. The molecule has 0 saturated carbocycles. The van der Waals surface area contributed by atoms with Gasteiger partial charge in [0.15, 0.2) is 0 Å². The molecule has 0 radical (unpaired) electrons. The van der Waals surface area contributed by atoms with E-state index in [0.29, 0.717) is 0 Å². The van der Waals surface area contributed by atoms with Crippen LogP contribution in [0.5, 0.6) is 0 Å². The van der Waals surface area contributed by atoms with Crippen LogP contribution in [0.25, 0.3) is 0 Å². The summed E-state index contributed by atoms with van der Waals surface area (Å²) >= 11 is 0. The van der Waals surface area contributed by atoms with Gasteiger partial charge in [0.1, 0.15) is 4.75 Å². The minimum Gasteiger partial charge on any atom is -0.550 e. The number of hydrogen-bond donors (Lipinski definition) is 1.